The number of carbonyl (C=O) groups is 2. The predicted octanol–water partition coefficient (Wildman–Crippen LogP) is 0.928. The number of aliphatic carboxylic acids is 1. The lowest BCUT2D eigenvalue weighted by Crippen LogP contribution is -2.45. The van der Waals surface area contributed by atoms with Crippen molar-refractivity contribution in [2.45, 2.75) is 25.3 Å². The molecule has 1 saturated carbocycles. The van der Waals surface area contributed by atoms with Crippen LogP contribution in [0.3, 0.4) is 0 Å². The van der Waals surface area contributed by atoms with Gasteiger partial charge in [0.15, 0.2) is 5.69 Å². The van der Waals surface area contributed by atoms with Crippen LogP contribution < -0.4 is 5.32 Å². The maximum absolute atomic E-state index is 11.4. The third kappa shape index (κ3) is 2.64. The Morgan fingerprint density at radius 1 is 1.47 bits per heavy atom. The molecule has 7 nitrogen and oxygen atoms in total. The lowest BCUT2D eigenvalue weighted by atomic mass is 9.96. The zero-order valence-electron chi connectivity index (χ0n) is 10.7. The van der Waals surface area contributed by atoms with Gasteiger partial charge in [-0.1, -0.05) is 0 Å². The van der Waals surface area contributed by atoms with Crippen LogP contribution in [0, 0.1) is 5.92 Å². The number of hydrogen-bond acceptors (Lipinski definition) is 6. The second kappa shape index (κ2) is 4.83. The van der Waals surface area contributed by atoms with E-state index in [0.29, 0.717) is 0 Å². The second-order valence-corrected chi connectivity index (χ2v) is 4.69. The third-order valence-corrected chi connectivity index (χ3v) is 3.25. The van der Waals surface area contributed by atoms with Crippen molar-refractivity contribution in [1.29, 1.82) is 0 Å². The SMILES string of the molecule is COC(=O)c1cncc(NC(C)(C(=O)O)C2CC2)n1. The number of rotatable bonds is 5. The molecule has 1 unspecified atom stereocenters. The highest BCUT2D eigenvalue weighted by atomic mass is 16.5. The van der Waals surface area contributed by atoms with E-state index in [2.05, 4.69) is 20.0 Å². The normalized spacial score (nSPS) is 17.4. The molecule has 0 aromatic carbocycles. The Morgan fingerprint density at radius 3 is 2.68 bits per heavy atom. The van der Waals surface area contributed by atoms with E-state index in [0.717, 1.165) is 12.8 Å². The first-order valence-electron chi connectivity index (χ1n) is 5.89. The molecular weight excluding hydrogens is 250 g/mol. The van der Waals surface area contributed by atoms with Gasteiger partial charge in [-0.05, 0) is 25.7 Å². The molecule has 1 fully saturated rings. The first-order chi connectivity index (χ1) is 8.97. The summed E-state index contributed by atoms with van der Waals surface area (Å²) in [6.07, 6.45) is 4.38. The number of anilines is 1. The minimum atomic E-state index is -1.09. The van der Waals surface area contributed by atoms with E-state index in [1.165, 1.54) is 19.5 Å². The molecule has 19 heavy (non-hydrogen) atoms. The number of nitrogens with zero attached hydrogens (tertiary/aromatic N) is 2. The number of aromatic nitrogens is 2. The smallest absolute Gasteiger partial charge is 0.358 e. The summed E-state index contributed by atoms with van der Waals surface area (Å²) in [4.78, 5) is 30.6. The van der Waals surface area contributed by atoms with Crippen LogP contribution >= 0.6 is 0 Å². The molecule has 1 aromatic heterocycles. The minimum Gasteiger partial charge on any atom is -0.480 e. The zero-order chi connectivity index (χ0) is 14.0. The highest BCUT2D eigenvalue weighted by molar-refractivity contribution is 5.87. The number of hydrogen-bond donors (Lipinski definition) is 2. The van der Waals surface area contributed by atoms with Crippen LogP contribution in [0.1, 0.15) is 30.3 Å². The van der Waals surface area contributed by atoms with Crippen molar-refractivity contribution in [2.24, 2.45) is 5.92 Å². The van der Waals surface area contributed by atoms with Crippen LogP contribution in [-0.4, -0.2) is 39.7 Å². The van der Waals surface area contributed by atoms with Gasteiger partial charge in [0.25, 0.3) is 0 Å². The topological polar surface area (TPSA) is 101 Å². The maximum Gasteiger partial charge on any atom is 0.358 e. The summed E-state index contributed by atoms with van der Waals surface area (Å²) in [5, 5.41) is 12.2. The number of carbonyl (C=O) groups excluding carboxylic acids is 1. The Hall–Kier alpha value is -2.18. The van der Waals surface area contributed by atoms with Gasteiger partial charge in [-0.15, -0.1) is 0 Å². The van der Waals surface area contributed by atoms with E-state index < -0.39 is 17.5 Å². The van der Waals surface area contributed by atoms with E-state index >= 15 is 0 Å². The Bertz CT molecular complexity index is 515. The van der Waals surface area contributed by atoms with Gasteiger partial charge < -0.3 is 15.2 Å². The van der Waals surface area contributed by atoms with Gasteiger partial charge in [0, 0.05) is 0 Å². The highest BCUT2D eigenvalue weighted by Crippen LogP contribution is 2.41. The number of esters is 1. The molecule has 0 aliphatic heterocycles. The highest BCUT2D eigenvalue weighted by Gasteiger charge is 2.47. The summed E-state index contributed by atoms with van der Waals surface area (Å²) in [6, 6.07) is 0. The number of nitrogens with one attached hydrogen (secondary N) is 1. The predicted molar refractivity (Wildman–Crippen MR) is 65.8 cm³/mol. The van der Waals surface area contributed by atoms with Gasteiger partial charge in [0.05, 0.1) is 19.5 Å². The lowest BCUT2D eigenvalue weighted by Gasteiger charge is -2.26. The number of carboxylic acid groups (broad SMARTS) is 1. The molecule has 102 valence electrons. The monoisotopic (exact) mass is 265 g/mol. The largest absolute Gasteiger partial charge is 0.480 e. The van der Waals surface area contributed by atoms with Gasteiger partial charge in [0.1, 0.15) is 11.4 Å². The maximum atomic E-state index is 11.4. The summed E-state index contributed by atoms with van der Waals surface area (Å²) in [6.45, 7) is 1.61. The molecule has 7 heteroatoms. The molecule has 1 aromatic rings. The molecule has 0 radical (unpaired) electrons. The molecule has 1 aliphatic rings. The molecule has 0 saturated heterocycles. The van der Waals surface area contributed by atoms with Crippen LogP contribution in [0.2, 0.25) is 0 Å². The summed E-state index contributed by atoms with van der Waals surface area (Å²) < 4.78 is 4.54. The zero-order valence-corrected chi connectivity index (χ0v) is 10.7. The summed E-state index contributed by atoms with van der Waals surface area (Å²) in [5.74, 6) is -1.24. The summed E-state index contributed by atoms with van der Waals surface area (Å²) in [7, 11) is 1.25. The number of methoxy groups -OCH3 is 1. The molecule has 0 spiro atoms. The Morgan fingerprint density at radius 2 is 2.16 bits per heavy atom. The van der Waals surface area contributed by atoms with E-state index in [1.807, 2.05) is 0 Å². The van der Waals surface area contributed by atoms with Crippen molar-refractivity contribution in [1.82, 2.24) is 9.97 Å². The van der Waals surface area contributed by atoms with Crippen LogP contribution in [0.15, 0.2) is 12.4 Å². The van der Waals surface area contributed by atoms with Crippen LogP contribution in [0.4, 0.5) is 5.82 Å². The molecule has 1 aliphatic carbocycles. The van der Waals surface area contributed by atoms with Gasteiger partial charge in [-0.3, -0.25) is 4.98 Å². The van der Waals surface area contributed by atoms with Crippen molar-refractivity contribution in [3.8, 4) is 0 Å². The molecule has 1 heterocycles. The average Bonchev–Trinajstić information content (AvgIpc) is 3.22. The van der Waals surface area contributed by atoms with E-state index in [4.69, 9.17) is 0 Å². The molecule has 0 amide bonds. The fourth-order valence-electron chi connectivity index (χ4n) is 1.89. The molecule has 2 rings (SSSR count). The van der Waals surface area contributed by atoms with Crippen molar-refractivity contribution in [3.05, 3.63) is 18.1 Å². The van der Waals surface area contributed by atoms with E-state index in [1.54, 1.807) is 6.92 Å². The van der Waals surface area contributed by atoms with Gasteiger partial charge in [0.2, 0.25) is 0 Å². The molecule has 0 bridgehead atoms. The minimum absolute atomic E-state index is 0.0380. The number of carboxylic acids is 1. The molecular formula is C12H15N3O4. The first-order valence-corrected chi connectivity index (χ1v) is 5.89. The van der Waals surface area contributed by atoms with Gasteiger partial charge in [-0.25, -0.2) is 14.6 Å². The van der Waals surface area contributed by atoms with Crippen molar-refractivity contribution in [3.63, 3.8) is 0 Å². The second-order valence-electron chi connectivity index (χ2n) is 4.69. The van der Waals surface area contributed by atoms with Crippen molar-refractivity contribution < 1.29 is 19.4 Å². The Kier molecular flexibility index (Phi) is 3.37. The summed E-state index contributed by atoms with van der Waals surface area (Å²) in [5.41, 5.74) is -1.06. The van der Waals surface area contributed by atoms with Gasteiger partial charge >= 0.3 is 11.9 Å². The first kappa shape index (κ1) is 13.3. The third-order valence-electron chi connectivity index (χ3n) is 3.25. The van der Waals surface area contributed by atoms with Crippen molar-refractivity contribution >= 4 is 17.8 Å². The van der Waals surface area contributed by atoms with Crippen LogP contribution in [0.5, 0.6) is 0 Å². The van der Waals surface area contributed by atoms with Crippen molar-refractivity contribution in [2.75, 3.05) is 12.4 Å². The lowest BCUT2D eigenvalue weighted by molar-refractivity contribution is -0.142. The Labute approximate surface area is 110 Å². The fourth-order valence-corrected chi connectivity index (χ4v) is 1.89. The molecule has 1 atom stereocenters. The van der Waals surface area contributed by atoms with Crippen LogP contribution in [0.25, 0.3) is 0 Å². The van der Waals surface area contributed by atoms with Gasteiger partial charge in [-0.2, -0.15) is 0 Å². The van der Waals surface area contributed by atoms with E-state index in [9.17, 15) is 14.7 Å². The molecule has 2 N–H and O–H groups in total. The average molecular weight is 265 g/mol. The fraction of sp³-hybridized carbons (Fsp3) is 0.500. The number of ether oxygens (including phenoxy) is 1. The standard InChI is InChI=1S/C12H15N3O4/c1-12(11(17)18,7-3-4-7)15-9-6-13-5-8(14-9)10(16)19-2/h5-7H,3-4H2,1-2H3,(H,14,15)(H,17,18). The van der Waals surface area contributed by atoms with E-state index in [-0.39, 0.29) is 17.4 Å². The summed E-state index contributed by atoms with van der Waals surface area (Å²) >= 11 is 0. The Balaban J connectivity index is 2.22. The van der Waals surface area contributed by atoms with Crippen LogP contribution in [-0.2, 0) is 9.53 Å². The quantitative estimate of drug-likeness (QED) is 0.763.